The van der Waals surface area contributed by atoms with Crippen LogP contribution in [0.15, 0.2) is 97.1 Å². The third-order valence-corrected chi connectivity index (χ3v) is 13.0. The van der Waals surface area contributed by atoms with Crippen molar-refractivity contribution >= 4 is 48.9 Å². The van der Waals surface area contributed by atoms with Crippen molar-refractivity contribution in [2.45, 2.75) is 62.7 Å². The van der Waals surface area contributed by atoms with Gasteiger partial charge in [-0.3, -0.25) is 19.3 Å². The fourth-order valence-electron chi connectivity index (χ4n) is 8.25. The largest absolute Gasteiger partial charge is 0.399 e. The topological polar surface area (TPSA) is 125 Å². The Bertz CT molecular complexity index is 1950. The summed E-state index contributed by atoms with van der Waals surface area (Å²) in [7, 11) is -3.58. The minimum atomic E-state index is -3.58. The van der Waals surface area contributed by atoms with Crippen LogP contribution in [-0.2, 0) is 32.9 Å². The molecule has 9 nitrogen and oxygen atoms in total. The van der Waals surface area contributed by atoms with E-state index >= 15 is 4.11 Å². The molecule has 0 bridgehead atoms. The molecule has 0 radical (unpaired) electrons. The molecule has 0 aromatic heterocycles. The molecule has 4 N–H and O–H groups in total. The molecule has 3 aliphatic heterocycles. The fourth-order valence-corrected chi connectivity index (χ4v) is 10.7. The number of aliphatic hydroxyl groups is 1. The van der Waals surface area contributed by atoms with E-state index in [1.807, 2.05) is 61.5 Å². The van der Waals surface area contributed by atoms with Gasteiger partial charge in [-0.25, -0.2) is 0 Å². The summed E-state index contributed by atoms with van der Waals surface area (Å²) < 4.78 is 23.4. The van der Waals surface area contributed by atoms with Crippen LogP contribution in [0.5, 0.6) is 0 Å². The number of nitrogens with one attached hydrogen (secondary N) is 1. The number of ether oxygens (including phenoxy) is 1. The Labute approximate surface area is 292 Å². The molecule has 1 fully saturated rings. The van der Waals surface area contributed by atoms with Gasteiger partial charge in [0.1, 0.15) is 0 Å². The van der Waals surface area contributed by atoms with Gasteiger partial charge in [-0.15, -0.1) is 0 Å². The van der Waals surface area contributed by atoms with Crippen molar-refractivity contribution in [2.24, 2.45) is 5.92 Å². The number of carbonyl (C=O) groups is 3. The van der Waals surface area contributed by atoms with Crippen LogP contribution in [-0.4, -0.2) is 54.9 Å². The number of benzene rings is 4. The highest BCUT2D eigenvalue weighted by Crippen LogP contribution is 2.61. The van der Waals surface area contributed by atoms with Crippen molar-refractivity contribution in [1.82, 2.24) is 4.90 Å². The molecule has 4 aromatic rings. The molecule has 1 spiro atoms. The normalized spacial score (nSPS) is 24.3. The van der Waals surface area contributed by atoms with Crippen LogP contribution in [0.3, 0.4) is 0 Å². The molecular weight excluding hydrogens is 652 g/mol. The monoisotopic (exact) mass is 692 g/mol. The number of carbonyl (C=O) groups excluding carboxylic acids is 3. The maximum atomic E-state index is 16.6. The van der Waals surface area contributed by atoms with Gasteiger partial charge in [0.25, 0.3) is 11.8 Å². The van der Waals surface area contributed by atoms with Crippen molar-refractivity contribution in [3.05, 3.63) is 119 Å². The van der Waals surface area contributed by atoms with Crippen molar-refractivity contribution in [1.29, 1.82) is 0 Å². The molecule has 0 aliphatic carbocycles. The Balaban J connectivity index is 1.27. The quantitative estimate of drug-likeness (QED) is 0.119. The average molecular weight is 693 g/mol. The number of halogens is 1. The first kappa shape index (κ1) is 33.6. The number of hydrogen-bond donors (Lipinski definition) is 3. The summed E-state index contributed by atoms with van der Waals surface area (Å²) in [5.74, 6) is -1.63. The molecular formula is C39H41FN4O5Si. The summed E-state index contributed by atoms with van der Waals surface area (Å²) in [4.78, 5) is 45.5. The van der Waals surface area contributed by atoms with Gasteiger partial charge in [-0.1, -0.05) is 49.4 Å². The van der Waals surface area contributed by atoms with Gasteiger partial charge >= 0.3 is 0 Å². The van der Waals surface area contributed by atoms with Gasteiger partial charge in [0.2, 0.25) is 14.3 Å². The molecule has 3 heterocycles. The van der Waals surface area contributed by atoms with Gasteiger partial charge in [0.05, 0.1) is 30.9 Å². The van der Waals surface area contributed by atoms with E-state index in [-0.39, 0.29) is 30.7 Å². The third kappa shape index (κ3) is 5.68. The molecule has 5 atom stereocenters. The van der Waals surface area contributed by atoms with E-state index < -0.39 is 37.6 Å². The summed E-state index contributed by atoms with van der Waals surface area (Å²) >= 11 is 0. The molecule has 11 heteroatoms. The lowest BCUT2D eigenvalue weighted by atomic mass is 9.82. The van der Waals surface area contributed by atoms with Crippen LogP contribution < -0.4 is 16.0 Å². The van der Waals surface area contributed by atoms with Crippen molar-refractivity contribution in [2.75, 3.05) is 22.6 Å². The smallest absolute Gasteiger partial charge is 0.268 e. The SMILES string of the molecule is C[C@H]1[C@H]([Si](C)(C)F)[C@@H](CC(=O)N2Cc3ccccc3C[C@H]2CO)O[C@]12C(=O)N(c1ccccc1)c1ccc(NC(=O)c3ccc(N)cc3)cc12. The van der Waals surface area contributed by atoms with Gasteiger partial charge in [0.15, 0.2) is 5.60 Å². The second-order valence-corrected chi connectivity index (χ2v) is 17.9. The van der Waals surface area contributed by atoms with E-state index in [0.29, 0.717) is 46.8 Å². The van der Waals surface area contributed by atoms with Crippen LogP contribution in [0.2, 0.25) is 18.6 Å². The zero-order valence-electron chi connectivity index (χ0n) is 28.3. The number of nitrogens with two attached hydrogens (primary N) is 1. The van der Waals surface area contributed by atoms with Crippen molar-refractivity contribution in [3.8, 4) is 0 Å². The summed E-state index contributed by atoms with van der Waals surface area (Å²) in [6.45, 7) is 5.16. The second-order valence-electron chi connectivity index (χ2n) is 14.1. The maximum absolute atomic E-state index is 16.6. The number of amides is 3. The van der Waals surface area contributed by atoms with Crippen LogP contribution >= 0.6 is 0 Å². The highest BCUT2D eigenvalue weighted by molar-refractivity contribution is 6.72. The van der Waals surface area contributed by atoms with Gasteiger partial charge in [-0.05, 0) is 85.2 Å². The lowest BCUT2D eigenvalue weighted by Gasteiger charge is -2.37. The fraction of sp³-hybridized carbons (Fsp3) is 0.308. The van der Waals surface area contributed by atoms with Crippen LogP contribution in [0, 0.1) is 5.92 Å². The molecule has 258 valence electrons. The highest BCUT2D eigenvalue weighted by atomic mass is 28.4. The van der Waals surface area contributed by atoms with Gasteiger partial charge < -0.3 is 29.9 Å². The highest BCUT2D eigenvalue weighted by Gasteiger charge is 2.67. The predicted molar refractivity (Wildman–Crippen MR) is 193 cm³/mol. The molecule has 50 heavy (non-hydrogen) atoms. The summed E-state index contributed by atoms with van der Waals surface area (Å²) in [6.07, 6.45) is -0.530. The molecule has 3 aliphatic rings. The van der Waals surface area contributed by atoms with Gasteiger partial charge in [0, 0.05) is 46.2 Å². The Morgan fingerprint density at radius 1 is 1.00 bits per heavy atom. The third-order valence-electron chi connectivity index (χ3n) is 10.6. The first-order valence-electron chi connectivity index (χ1n) is 17.0. The minimum Gasteiger partial charge on any atom is -0.399 e. The molecule has 0 unspecified atom stereocenters. The number of aliphatic hydroxyl groups excluding tert-OH is 1. The number of fused-ring (bicyclic) bond motifs is 3. The standard InChI is InChI=1S/C39H41FN4O5Si/c1-24-36(50(2,3)40)34(21-35(46)43-22-27-10-8-7-9-26(27)19-31(43)23-45)49-39(24)32-20-29(42-37(47)25-13-15-28(41)16-14-25)17-18-33(32)44(38(39)48)30-11-5-4-6-12-30/h4-18,20,24,31,34,36,45H,19,21-23,41H2,1-3H3,(H,42,47)/t24-,31-,34+,36-,39+/m0/s1. The van der Waals surface area contributed by atoms with Crippen LogP contribution in [0.1, 0.15) is 40.4 Å². The molecule has 4 aromatic carbocycles. The van der Waals surface area contributed by atoms with Crippen molar-refractivity contribution in [3.63, 3.8) is 0 Å². The minimum absolute atomic E-state index is 0.142. The van der Waals surface area contributed by atoms with Gasteiger partial charge in [-0.2, -0.15) is 0 Å². The number of anilines is 4. The van der Waals surface area contributed by atoms with E-state index in [2.05, 4.69) is 5.32 Å². The molecule has 7 rings (SSSR count). The Morgan fingerprint density at radius 3 is 2.36 bits per heavy atom. The Hall–Kier alpha value is -4.84. The number of rotatable bonds is 7. The number of nitrogen functional groups attached to an aromatic ring is 1. The summed E-state index contributed by atoms with van der Waals surface area (Å²) in [5, 5.41) is 13.2. The van der Waals surface area contributed by atoms with E-state index in [9.17, 15) is 19.5 Å². The van der Waals surface area contributed by atoms with E-state index in [0.717, 1.165) is 11.1 Å². The number of para-hydroxylation sites is 1. The molecule has 3 amide bonds. The van der Waals surface area contributed by atoms with Crippen LogP contribution in [0.4, 0.5) is 26.9 Å². The maximum Gasteiger partial charge on any atom is 0.268 e. The number of nitrogens with zero attached hydrogens (tertiary/aromatic N) is 2. The zero-order valence-corrected chi connectivity index (χ0v) is 29.3. The average Bonchev–Trinajstić information content (AvgIpc) is 3.53. The Morgan fingerprint density at radius 2 is 1.68 bits per heavy atom. The zero-order chi connectivity index (χ0) is 35.4. The van der Waals surface area contributed by atoms with E-state index in [4.69, 9.17) is 10.5 Å². The molecule has 0 saturated carbocycles. The lowest BCUT2D eigenvalue weighted by Crippen LogP contribution is -2.48. The van der Waals surface area contributed by atoms with E-state index in [1.165, 1.54) is 0 Å². The first-order valence-corrected chi connectivity index (χ1v) is 19.9. The Kier molecular flexibility index (Phi) is 8.61. The number of hydrogen-bond acceptors (Lipinski definition) is 6. The van der Waals surface area contributed by atoms with E-state index in [1.54, 1.807) is 65.4 Å². The van der Waals surface area contributed by atoms with Crippen LogP contribution in [0.25, 0.3) is 0 Å². The summed E-state index contributed by atoms with van der Waals surface area (Å²) in [6, 6.07) is 28.4. The molecule has 1 saturated heterocycles. The lowest BCUT2D eigenvalue weighted by molar-refractivity contribution is -0.150. The summed E-state index contributed by atoms with van der Waals surface area (Å²) in [5.41, 5.74) is 8.65. The second kappa shape index (κ2) is 12.8. The first-order chi connectivity index (χ1) is 23.9. The predicted octanol–water partition coefficient (Wildman–Crippen LogP) is 6.31. The van der Waals surface area contributed by atoms with Crippen molar-refractivity contribution < 1.29 is 28.3 Å².